The summed E-state index contributed by atoms with van der Waals surface area (Å²) >= 11 is 1.36. The van der Waals surface area contributed by atoms with Crippen LogP contribution in [0.25, 0.3) is 11.1 Å². The van der Waals surface area contributed by atoms with E-state index in [0.717, 1.165) is 27.4 Å². The molecule has 0 aliphatic carbocycles. The summed E-state index contributed by atoms with van der Waals surface area (Å²) in [5.74, 6) is -0.00129. The Labute approximate surface area is 126 Å². The molecule has 0 bridgehead atoms. The summed E-state index contributed by atoms with van der Waals surface area (Å²) in [5.41, 5.74) is 9.47. The number of oxazole rings is 1. The number of rotatable bonds is 3. The Morgan fingerprint density at radius 3 is 2.71 bits per heavy atom. The first kappa shape index (κ1) is 13.6. The Kier molecular flexibility index (Phi) is 3.39. The highest BCUT2D eigenvalue weighted by Crippen LogP contribution is 2.33. The van der Waals surface area contributed by atoms with Crippen LogP contribution in [0.3, 0.4) is 0 Å². The lowest BCUT2D eigenvalue weighted by Gasteiger charge is -2.09. The molecular formula is C15H14N4OS. The van der Waals surface area contributed by atoms with Crippen molar-refractivity contribution in [2.24, 2.45) is 5.73 Å². The SMILES string of the molecule is Cc1cc(Sc2nc3ccccc3o2)c(C(=N)N)c(C)n1. The van der Waals surface area contributed by atoms with Crippen LogP contribution >= 0.6 is 11.8 Å². The summed E-state index contributed by atoms with van der Waals surface area (Å²) in [6.45, 7) is 3.76. The van der Waals surface area contributed by atoms with Crippen LogP contribution in [0.1, 0.15) is 17.0 Å². The van der Waals surface area contributed by atoms with Gasteiger partial charge in [-0.1, -0.05) is 12.1 Å². The highest BCUT2D eigenvalue weighted by atomic mass is 32.2. The molecule has 0 radical (unpaired) electrons. The van der Waals surface area contributed by atoms with Crippen LogP contribution < -0.4 is 5.73 Å². The minimum absolute atomic E-state index is 0.00129. The fraction of sp³-hybridized carbons (Fsp3) is 0.133. The zero-order chi connectivity index (χ0) is 15.0. The summed E-state index contributed by atoms with van der Waals surface area (Å²) in [4.78, 5) is 9.62. The summed E-state index contributed by atoms with van der Waals surface area (Å²) in [5, 5.41) is 8.27. The molecule has 0 saturated carbocycles. The van der Waals surface area contributed by atoms with Gasteiger partial charge >= 0.3 is 0 Å². The van der Waals surface area contributed by atoms with Gasteiger partial charge in [0.25, 0.3) is 5.22 Å². The zero-order valence-electron chi connectivity index (χ0n) is 11.7. The van der Waals surface area contributed by atoms with E-state index in [0.29, 0.717) is 10.8 Å². The molecule has 21 heavy (non-hydrogen) atoms. The normalized spacial score (nSPS) is 11.0. The minimum atomic E-state index is -0.00129. The summed E-state index contributed by atoms with van der Waals surface area (Å²) in [7, 11) is 0. The Morgan fingerprint density at radius 2 is 2.00 bits per heavy atom. The quantitative estimate of drug-likeness (QED) is 0.572. The first-order valence-corrected chi connectivity index (χ1v) is 7.22. The maximum atomic E-state index is 7.73. The summed E-state index contributed by atoms with van der Waals surface area (Å²) < 4.78 is 5.71. The van der Waals surface area contributed by atoms with Crippen LogP contribution in [-0.2, 0) is 0 Å². The van der Waals surface area contributed by atoms with E-state index in [1.54, 1.807) is 0 Å². The molecule has 3 N–H and O–H groups in total. The van der Waals surface area contributed by atoms with E-state index in [1.807, 2.05) is 44.2 Å². The van der Waals surface area contributed by atoms with Gasteiger partial charge in [0, 0.05) is 16.3 Å². The third-order valence-corrected chi connectivity index (χ3v) is 3.92. The Morgan fingerprint density at radius 1 is 1.24 bits per heavy atom. The molecule has 6 heteroatoms. The number of hydrogen-bond acceptors (Lipinski definition) is 5. The van der Waals surface area contributed by atoms with Gasteiger partial charge in [-0.2, -0.15) is 0 Å². The topological polar surface area (TPSA) is 88.8 Å². The molecule has 0 unspecified atom stereocenters. The molecule has 3 rings (SSSR count). The van der Waals surface area contributed by atoms with Gasteiger partial charge in [-0.15, -0.1) is 0 Å². The number of hydrogen-bond donors (Lipinski definition) is 2. The Bertz CT molecular complexity index is 808. The highest BCUT2D eigenvalue weighted by molar-refractivity contribution is 7.99. The number of nitrogens with zero attached hydrogens (tertiary/aromatic N) is 2. The van der Waals surface area contributed by atoms with E-state index >= 15 is 0 Å². The van der Waals surface area contributed by atoms with Crippen molar-refractivity contribution in [1.82, 2.24) is 9.97 Å². The highest BCUT2D eigenvalue weighted by Gasteiger charge is 2.15. The van der Waals surface area contributed by atoms with Crippen molar-refractivity contribution in [2.45, 2.75) is 24.0 Å². The molecular weight excluding hydrogens is 284 g/mol. The molecule has 5 nitrogen and oxygen atoms in total. The van der Waals surface area contributed by atoms with Gasteiger partial charge in [-0.25, -0.2) is 4.98 Å². The largest absolute Gasteiger partial charge is 0.431 e. The molecule has 106 valence electrons. The van der Waals surface area contributed by atoms with E-state index in [1.165, 1.54) is 11.8 Å². The number of amidine groups is 1. The van der Waals surface area contributed by atoms with Crippen molar-refractivity contribution in [2.75, 3.05) is 0 Å². The second-order valence-corrected chi connectivity index (χ2v) is 5.68. The van der Waals surface area contributed by atoms with Gasteiger partial charge < -0.3 is 10.2 Å². The standard InChI is InChI=1S/C15H14N4OS/c1-8-7-12(13(14(16)17)9(2)18-8)21-15-19-10-5-3-4-6-11(10)20-15/h3-7H,1-2H3,(H3,16,17). The Hall–Kier alpha value is -2.34. The number of aromatic nitrogens is 2. The molecule has 0 spiro atoms. The number of aryl methyl sites for hydroxylation is 2. The molecule has 2 aromatic heterocycles. The second kappa shape index (κ2) is 5.21. The second-order valence-electron chi connectivity index (χ2n) is 4.69. The first-order valence-electron chi connectivity index (χ1n) is 6.40. The molecule has 3 aromatic rings. The van der Waals surface area contributed by atoms with Crippen molar-refractivity contribution in [3.05, 3.63) is 47.3 Å². The van der Waals surface area contributed by atoms with Gasteiger partial charge in [0.05, 0.1) is 5.56 Å². The van der Waals surface area contributed by atoms with E-state index < -0.39 is 0 Å². The number of para-hydroxylation sites is 2. The third-order valence-electron chi connectivity index (χ3n) is 3.03. The molecule has 0 fully saturated rings. The summed E-state index contributed by atoms with van der Waals surface area (Å²) in [6.07, 6.45) is 0. The molecule has 0 atom stereocenters. The molecule has 0 amide bonds. The lowest BCUT2D eigenvalue weighted by molar-refractivity contribution is 0.489. The smallest absolute Gasteiger partial charge is 0.261 e. The molecule has 1 aromatic carbocycles. The monoisotopic (exact) mass is 298 g/mol. The fourth-order valence-corrected chi connectivity index (χ4v) is 3.24. The Balaban J connectivity index is 2.06. The average Bonchev–Trinajstić information content (AvgIpc) is 2.79. The van der Waals surface area contributed by atoms with Crippen LogP contribution in [0.5, 0.6) is 0 Å². The third kappa shape index (κ3) is 2.62. The number of benzene rings is 1. The van der Waals surface area contributed by atoms with Gasteiger partial charge in [0.2, 0.25) is 0 Å². The van der Waals surface area contributed by atoms with Gasteiger partial charge in [-0.3, -0.25) is 10.4 Å². The van der Waals surface area contributed by atoms with Crippen molar-refractivity contribution < 1.29 is 4.42 Å². The number of pyridine rings is 1. The fourth-order valence-electron chi connectivity index (χ4n) is 2.19. The van der Waals surface area contributed by atoms with Crippen molar-refractivity contribution in [1.29, 1.82) is 5.41 Å². The van der Waals surface area contributed by atoms with E-state index in [9.17, 15) is 0 Å². The average molecular weight is 298 g/mol. The van der Waals surface area contributed by atoms with Crippen molar-refractivity contribution in [3.63, 3.8) is 0 Å². The van der Waals surface area contributed by atoms with E-state index in [4.69, 9.17) is 15.6 Å². The van der Waals surface area contributed by atoms with Crippen LogP contribution in [0.4, 0.5) is 0 Å². The van der Waals surface area contributed by atoms with Crippen LogP contribution in [0.2, 0.25) is 0 Å². The molecule has 0 saturated heterocycles. The number of fused-ring (bicyclic) bond motifs is 1. The number of nitrogens with two attached hydrogens (primary N) is 1. The predicted molar refractivity (Wildman–Crippen MR) is 82.9 cm³/mol. The number of nitrogens with one attached hydrogen (secondary N) is 1. The van der Waals surface area contributed by atoms with Crippen molar-refractivity contribution >= 4 is 28.7 Å². The van der Waals surface area contributed by atoms with E-state index in [2.05, 4.69) is 9.97 Å². The zero-order valence-corrected chi connectivity index (χ0v) is 12.5. The van der Waals surface area contributed by atoms with Crippen LogP contribution in [0.15, 0.2) is 44.9 Å². The lowest BCUT2D eigenvalue weighted by atomic mass is 10.1. The predicted octanol–water partition coefficient (Wildman–Crippen LogP) is 3.27. The van der Waals surface area contributed by atoms with Gasteiger partial charge in [0.1, 0.15) is 11.4 Å². The lowest BCUT2D eigenvalue weighted by Crippen LogP contribution is -2.15. The number of nitrogen functional groups attached to an aromatic ring is 1. The molecule has 0 aliphatic rings. The molecule has 2 heterocycles. The van der Waals surface area contributed by atoms with Crippen LogP contribution in [-0.4, -0.2) is 15.8 Å². The first-order chi connectivity index (χ1) is 10.0. The van der Waals surface area contributed by atoms with Gasteiger partial charge in [-0.05, 0) is 43.8 Å². The van der Waals surface area contributed by atoms with Gasteiger partial charge in [0.15, 0.2) is 5.58 Å². The summed E-state index contributed by atoms with van der Waals surface area (Å²) in [6, 6.07) is 9.49. The molecule has 0 aliphatic heterocycles. The van der Waals surface area contributed by atoms with E-state index in [-0.39, 0.29) is 5.84 Å². The van der Waals surface area contributed by atoms with Crippen LogP contribution in [0, 0.1) is 19.3 Å². The maximum Gasteiger partial charge on any atom is 0.261 e. The van der Waals surface area contributed by atoms with Crippen molar-refractivity contribution in [3.8, 4) is 0 Å². The minimum Gasteiger partial charge on any atom is -0.431 e. The maximum absolute atomic E-state index is 7.73.